The Kier molecular flexibility index (Phi) is 4.20. The first-order chi connectivity index (χ1) is 11.5. The van der Waals surface area contributed by atoms with Crippen LogP contribution in [-0.2, 0) is 6.54 Å². The third-order valence-electron chi connectivity index (χ3n) is 3.82. The van der Waals surface area contributed by atoms with Gasteiger partial charge in [0.05, 0.1) is 17.2 Å². The largest absolute Gasteiger partial charge is 0.269 e. The van der Waals surface area contributed by atoms with Crippen molar-refractivity contribution >= 4 is 5.69 Å². The van der Waals surface area contributed by atoms with E-state index in [1.807, 2.05) is 31.2 Å². The Morgan fingerprint density at radius 1 is 1.04 bits per heavy atom. The van der Waals surface area contributed by atoms with Crippen molar-refractivity contribution in [1.29, 1.82) is 0 Å². The van der Waals surface area contributed by atoms with Gasteiger partial charge in [-0.25, -0.2) is 4.68 Å². The van der Waals surface area contributed by atoms with Gasteiger partial charge >= 0.3 is 0 Å². The molecule has 0 aliphatic heterocycles. The van der Waals surface area contributed by atoms with Gasteiger partial charge < -0.3 is 0 Å². The summed E-state index contributed by atoms with van der Waals surface area (Å²) in [4.78, 5) is 22.4. The number of rotatable bonds is 4. The topological polar surface area (TPSA) is 78.0 Å². The molecule has 120 valence electrons. The lowest BCUT2D eigenvalue weighted by Gasteiger charge is -2.09. The maximum absolute atomic E-state index is 12.1. The number of hydrogen-bond acceptors (Lipinski definition) is 4. The molecule has 0 bridgehead atoms. The molecule has 0 unspecified atom stereocenters. The molecule has 6 heteroatoms. The van der Waals surface area contributed by atoms with Gasteiger partial charge in [-0.15, -0.1) is 0 Å². The molecule has 0 atom stereocenters. The van der Waals surface area contributed by atoms with Crippen LogP contribution in [0.2, 0.25) is 0 Å². The van der Waals surface area contributed by atoms with E-state index in [1.54, 1.807) is 18.2 Å². The highest BCUT2D eigenvalue weighted by Gasteiger charge is 2.08. The van der Waals surface area contributed by atoms with Crippen molar-refractivity contribution in [3.05, 3.63) is 92.3 Å². The summed E-state index contributed by atoms with van der Waals surface area (Å²) in [5, 5.41) is 15.1. The molecule has 2 aromatic carbocycles. The van der Waals surface area contributed by atoms with Gasteiger partial charge in [0.2, 0.25) is 0 Å². The maximum Gasteiger partial charge on any atom is 0.269 e. The van der Waals surface area contributed by atoms with Crippen molar-refractivity contribution in [1.82, 2.24) is 9.78 Å². The number of benzene rings is 2. The molecule has 3 aromatic rings. The van der Waals surface area contributed by atoms with E-state index in [1.165, 1.54) is 22.9 Å². The molecule has 0 saturated carbocycles. The molecule has 6 nitrogen and oxygen atoms in total. The van der Waals surface area contributed by atoms with E-state index in [0.29, 0.717) is 12.2 Å². The molecule has 0 N–H and O–H groups in total. The Bertz CT molecular complexity index is 946. The fraction of sp³-hybridized carbons (Fsp3) is 0.111. The van der Waals surface area contributed by atoms with Crippen LogP contribution in [0.15, 0.2) is 65.5 Å². The van der Waals surface area contributed by atoms with E-state index in [0.717, 1.165) is 16.7 Å². The lowest BCUT2D eigenvalue weighted by atomic mass is 10.1. The first-order valence-electron chi connectivity index (χ1n) is 7.42. The Balaban J connectivity index is 1.95. The summed E-state index contributed by atoms with van der Waals surface area (Å²) in [6.07, 6.45) is 0. The molecule has 0 aliphatic carbocycles. The summed E-state index contributed by atoms with van der Waals surface area (Å²) in [6, 6.07) is 17.0. The van der Waals surface area contributed by atoms with Crippen LogP contribution < -0.4 is 5.56 Å². The Hall–Kier alpha value is -3.28. The van der Waals surface area contributed by atoms with E-state index in [4.69, 9.17) is 0 Å². The average Bonchev–Trinajstić information content (AvgIpc) is 2.59. The molecule has 1 aromatic heterocycles. The lowest BCUT2D eigenvalue weighted by Crippen LogP contribution is -2.23. The van der Waals surface area contributed by atoms with Crippen molar-refractivity contribution in [2.45, 2.75) is 13.5 Å². The molecule has 1 heterocycles. The van der Waals surface area contributed by atoms with Crippen molar-refractivity contribution in [2.24, 2.45) is 0 Å². The summed E-state index contributed by atoms with van der Waals surface area (Å²) in [5.41, 5.74) is 3.26. The molecule has 3 rings (SSSR count). The third-order valence-corrected chi connectivity index (χ3v) is 3.82. The Labute approximate surface area is 138 Å². The second-order valence-electron chi connectivity index (χ2n) is 5.44. The molecule has 0 aliphatic rings. The zero-order valence-electron chi connectivity index (χ0n) is 13.0. The zero-order chi connectivity index (χ0) is 17.1. The van der Waals surface area contributed by atoms with E-state index >= 15 is 0 Å². The number of aromatic nitrogens is 2. The highest BCUT2D eigenvalue weighted by atomic mass is 16.6. The van der Waals surface area contributed by atoms with Crippen LogP contribution in [-0.4, -0.2) is 14.7 Å². The Morgan fingerprint density at radius 2 is 1.75 bits per heavy atom. The minimum absolute atomic E-state index is 0.0204. The van der Waals surface area contributed by atoms with E-state index in [2.05, 4.69) is 5.10 Å². The van der Waals surface area contributed by atoms with E-state index in [9.17, 15) is 14.9 Å². The number of aryl methyl sites for hydroxylation is 1. The van der Waals surface area contributed by atoms with Gasteiger partial charge in [0, 0.05) is 23.8 Å². The van der Waals surface area contributed by atoms with Gasteiger partial charge in [0.15, 0.2) is 0 Å². The number of nitro benzene ring substituents is 1. The lowest BCUT2D eigenvalue weighted by molar-refractivity contribution is -0.384. The third kappa shape index (κ3) is 3.22. The number of non-ortho nitro benzene ring substituents is 1. The average molecular weight is 321 g/mol. The van der Waals surface area contributed by atoms with Crippen LogP contribution in [0.5, 0.6) is 0 Å². The van der Waals surface area contributed by atoms with Crippen molar-refractivity contribution in [3.8, 4) is 11.3 Å². The van der Waals surface area contributed by atoms with Gasteiger partial charge in [0.1, 0.15) is 0 Å². The van der Waals surface area contributed by atoms with Crippen LogP contribution in [0, 0.1) is 17.0 Å². The summed E-state index contributed by atoms with van der Waals surface area (Å²) < 4.78 is 1.40. The molecular formula is C18H15N3O3. The van der Waals surface area contributed by atoms with Crippen molar-refractivity contribution in [2.75, 3.05) is 0 Å². The smallest absolute Gasteiger partial charge is 0.268 e. The summed E-state index contributed by atoms with van der Waals surface area (Å²) in [7, 11) is 0. The van der Waals surface area contributed by atoms with Crippen molar-refractivity contribution < 1.29 is 4.92 Å². The van der Waals surface area contributed by atoms with Crippen LogP contribution >= 0.6 is 0 Å². The van der Waals surface area contributed by atoms with Gasteiger partial charge in [0.25, 0.3) is 11.2 Å². The minimum atomic E-state index is -0.448. The summed E-state index contributed by atoms with van der Waals surface area (Å²) in [6.45, 7) is 2.37. The zero-order valence-corrected chi connectivity index (χ0v) is 13.0. The number of hydrogen-bond donors (Lipinski definition) is 0. The van der Waals surface area contributed by atoms with Crippen molar-refractivity contribution in [3.63, 3.8) is 0 Å². The molecule has 0 fully saturated rings. The molecule has 0 amide bonds. The van der Waals surface area contributed by atoms with E-state index in [-0.39, 0.29) is 11.2 Å². The quantitative estimate of drug-likeness (QED) is 0.546. The Morgan fingerprint density at radius 3 is 2.42 bits per heavy atom. The van der Waals surface area contributed by atoms with Crippen LogP contribution in [0.25, 0.3) is 11.3 Å². The monoisotopic (exact) mass is 321 g/mol. The molecule has 0 saturated heterocycles. The van der Waals surface area contributed by atoms with Gasteiger partial charge in [-0.05, 0) is 36.2 Å². The predicted octanol–water partition coefficient (Wildman–Crippen LogP) is 3.18. The second kappa shape index (κ2) is 6.45. The minimum Gasteiger partial charge on any atom is -0.268 e. The molecule has 0 radical (unpaired) electrons. The molecule has 24 heavy (non-hydrogen) atoms. The maximum atomic E-state index is 12.1. The number of nitro groups is 1. The van der Waals surface area contributed by atoms with Gasteiger partial charge in [-0.1, -0.05) is 24.3 Å². The highest BCUT2D eigenvalue weighted by Crippen LogP contribution is 2.20. The SMILES string of the molecule is Cc1ccccc1Cn1nc(-c2ccc([N+](=O)[O-])cc2)ccc1=O. The fourth-order valence-corrected chi connectivity index (χ4v) is 2.42. The molecular weight excluding hydrogens is 306 g/mol. The number of nitrogens with zero attached hydrogens (tertiary/aromatic N) is 3. The normalized spacial score (nSPS) is 10.5. The standard InChI is InChI=1S/C18H15N3O3/c1-13-4-2-3-5-15(13)12-20-18(22)11-10-17(19-20)14-6-8-16(9-7-14)21(23)24/h2-11H,12H2,1H3. The predicted molar refractivity (Wildman–Crippen MR) is 90.9 cm³/mol. The summed E-state index contributed by atoms with van der Waals surface area (Å²) >= 11 is 0. The second-order valence-corrected chi connectivity index (χ2v) is 5.44. The van der Waals surface area contributed by atoms with Gasteiger partial charge in [-0.3, -0.25) is 14.9 Å². The van der Waals surface area contributed by atoms with Crippen LogP contribution in [0.3, 0.4) is 0 Å². The van der Waals surface area contributed by atoms with Crippen LogP contribution in [0.1, 0.15) is 11.1 Å². The van der Waals surface area contributed by atoms with Gasteiger partial charge in [-0.2, -0.15) is 5.10 Å². The first kappa shape index (κ1) is 15.6. The highest BCUT2D eigenvalue weighted by molar-refractivity contribution is 5.60. The van der Waals surface area contributed by atoms with E-state index < -0.39 is 4.92 Å². The van der Waals surface area contributed by atoms with Crippen LogP contribution in [0.4, 0.5) is 5.69 Å². The first-order valence-corrected chi connectivity index (χ1v) is 7.42. The summed E-state index contributed by atoms with van der Waals surface area (Å²) in [5.74, 6) is 0. The fourth-order valence-electron chi connectivity index (χ4n) is 2.42. The molecule has 0 spiro atoms.